The SMILES string of the molecule is Cc1ccc(SCCNC(=O)C2CCN(S(C)(=O)=O)CC2)cc1. The lowest BCUT2D eigenvalue weighted by atomic mass is 9.97. The number of amides is 1. The van der Waals surface area contributed by atoms with Crippen LogP contribution in [0, 0.1) is 12.8 Å². The van der Waals surface area contributed by atoms with Gasteiger partial charge in [-0.2, -0.15) is 0 Å². The van der Waals surface area contributed by atoms with Crippen LogP contribution in [0.1, 0.15) is 18.4 Å². The molecule has 0 unspecified atom stereocenters. The maximum atomic E-state index is 12.1. The molecule has 1 aliphatic heterocycles. The average molecular weight is 357 g/mol. The lowest BCUT2D eigenvalue weighted by Crippen LogP contribution is -2.42. The van der Waals surface area contributed by atoms with Crippen LogP contribution in [-0.4, -0.2) is 50.3 Å². The van der Waals surface area contributed by atoms with E-state index >= 15 is 0 Å². The maximum absolute atomic E-state index is 12.1. The van der Waals surface area contributed by atoms with E-state index in [1.807, 2.05) is 0 Å². The van der Waals surface area contributed by atoms with E-state index in [-0.39, 0.29) is 11.8 Å². The predicted molar refractivity (Wildman–Crippen MR) is 94.1 cm³/mol. The quantitative estimate of drug-likeness (QED) is 0.624. The fourth-order valence-electron chi connectivity index (χ4n) is 2.57. The summed E-state index contributed by atoms with van der Waals surface area (Å²) in [6.45, 7) is 3.57. The molecule has 2 rings (SSSR count). The van der Waals surface area contributed by atoms with Gasteiger partial charge in [0, 0.05) is 36.2 Å². The summed E-state index contributed by atoms with van der Waals surface area (Å²) < 4.78 is 24.4. The molecule has 0 radical (unpaired) electrons. The van der Waals surface area contributed by atoms with Crippen LogP contribution < -0.4 is 5.32 Å². The number of thioether (sulfide) groups is 1. The van der Waals surface area contributed by atoms with Crippen molar-refractivity contribution in [2.75, 3.05) is 31.6 Å². The van der Waals surface area contributed by atoms with Gasteiger partial charge in [0.15, 0.2) is 0 Å². The lowest BCUT2D eigenvalue weighted by molar-refractivity contribution is -0.125. The van der Waals surface area contributed by atoms with Crippen molar-refractivity contribution < 1.29 is 13.2 Å². The van der Waals surface area contributed by atoms with Gasteiger partial charge >= 0.3 is 0 Å². The first-order chi connectivity index (χ1) is 10.9. The van der Waals surface area contributed by atoms with Gasteiger partial charge in [-0.05, 0) is 31.9 Å². The molecule has 1 N–H and O–H groups in total. The van der Waals surface area contributed by atoms with Crippen molar-refractivity contribution in [2.45, 2.75) is 24.7 Å². The number of carbonyl (C=O) groups excluding carboxylic acids is 1. The summed E-state index contributed by atoms with van der Waals surface area (Å²) in [5, 5.41) is 2.96. The van der Waals surface area contributed by atoms with Crippen LogP contribution in [0.2, 0.25) is 0 Å². The topological polar surface area (TPSA) is 66.5 Å². The van der Waals surface area contributed by atoms with Crippen molar-refractivity contribution in [3.8, 4) is 0 Å². The second kappa shape index (κ2) is 8.17. The molecule has 1 fully saturated rings. The molecule has 0 spiro atoms. The molecule has 1 amide bonds. The summed E-state index contributed by atoms with van der Waals surface area (Å²) in [5.41, 5.74) is 1.24. The molecule has 5 nitrogen and oxygen atoms in total. The molecule has 1 heterocycles. The Labute approximate surface area is 142 Å². The normalized spacial score (nSPS) is 17.1. The van der Waals surface area contributed by atoms with Gasteiger partial charge in [-0.15, -0.1) is 11.8 Å². The van der Waals surface area contributed by atoms with Crippen LogP contribution in [0.4, 0.5) is 0 Å². The number of carbonyl (C=O) groups is 1. The third kappa shape index (κ3) is 5.82. The van der Waals surface area contributed by atoms with Gasteiger partial charge in [0.05, 0.1) is 6.26 Å². The maximum Gasteiger partial charge on any atom is 0.223 e. The van der Waals surface area contributed by atoms with Crippen molar-refractivity contribution in [3.05, 3.63) is 29.8 Å². The molecule has 0 aliphatic carbocycles. The minimum Gasteiger partial charge on any atom is -0.355 e. The van der Waals surface area contributed by atoms with Crippen molar-refractivity contribution >= 4 is 27.7 Å². The molecule has 1 saturated heterocycles. The highest BCUT2D eigenvalue weighted by Gasteiger charge is 2.28. The average Bonchev–Trinajstić information content (AvgIpc) is 2.52. The number of piperidine rings is 1. The summed E-state index contributed by atoms with van der Waals surface area (Å²) in [6.07, 6.45) is 2.42. The second-order valence-corrected chi connectivity index (χ2v) is 9.04. The van der Waals surface area contributed by atoms with Crippen LogP contribution in [-0.2, 0) is 14.8 Å². The Balaban J connectivity index is 1.67. The van der Waals surface area contributed by atoms with Gasteiger partial charge in [0.25, 0.3) is 0 Å². The molecule has 128 valence electrons. The number of sulfonamides is 1. The van der Waals surface area contributed by atoms with E-state index in [1.165, 1.54) is 21.0 Å². The largest absolute Gasteiger partial charge is 0.355 e. The van der Waals surface area contributed by atoms with E-state index in [2.05, 4.69) is 36.5 Å². The van der Waals surface area contributed by atoms with Gasteiger partial charge in [0.2, 0.25) is 15.9 Å². The van der Waals surface area contributed by atoms with Crippen LogP contribution in [0.3, 0.4) is 0 Å². The second-order valence-electron chi connectivity index (χ2n) is 5.89. The molecule has 7 heteroatoms. The summed E-state index contributed by atoms with van der Waals surface area (Å²) in [4.78, 5) is 13.3. The van der Waals surface area contributed by atoms with Crippen LogP contribution in [0.15, 0.2) is 29.2 Å². The molecule has 1 aliphatic rings. The summed E-state index contributed by atoms with van der Waals surface area (Å²) in [5.74, 6) is 0.803. The first kappa shape index (κ1) is 18.3. The van der Waals surface area contributed by atoms with Crippen molar-refractivity contribution in [1.82, 2.24) is 9.62 Å². The summed E-state index contributed by atoms with van der Waals surface area (Å²) in [6, 6.07) is 8.33. The number of nitrogens with zero attached hydrogens (tertiary/aromatic N) is 1. The minimum atomic E-state index is -3.13. The zero-order valence-corrected chi connectivity index (χ0v) is 15.3. The number of benzene rings is 1. The Kier molecular flexibility index (Phi) is 6.50. The fraction of sp³-hybridized carbons (Fsp3) is 0.562. The number of rotatable bonds is 6. The van der Waals surface area contributed by atoms with Crippen molar-refractivity contribution in [3.63, 3.8) is 0 Å². The fourth-order valence-corrected chi connectivity index (χ4v) is 4.21. The Morgan fingerprint density at radius 2 is 1.87 bits per heavy atom. The molecule has 1 aromatic rings. The number of aryl methyl sites for hydroxylation is 1. The molecule has 0 saturated carbocycles. The summed E-state index contributed by atoms with van der Waals surface area (Å²) in [7, 11) is -3.13. The third-order valence-electron chi connectivity index (χ3n) is 3.98. The van der Waals surface area contributed by atoms with Gasteiger partial charge in [0.1, 0.15) is 0 Å². The molecular formula is C16H24N2O3S2. The Bertz CT molecular complexity index is 621. The Morgan fingerprint density at radius 3 is 2.43 bits per heavy atom. The number of hydrogen-bond donors (Lipinski definition) is 1. The van der Waals surface area contributed by atoms with E-state index in [0.717, 1.165) is 5.75 Å². The van der Waals surface area contributed by atoms with Gasteiger partial charge < -0.3 is 5.32 Å². The lowest BCUT2D eigenvalue weighted by Gasteiger charge is -2.29. The van der Waals surface area contributed by atoms with Crippen LogP contribution in [0.25, 0.3) is 0 Å². The number of hydrogen-bond acceptors (Lipinski definition) is 4. The van der Waals surface area contributed by atoms with Crippen molar-refractivity contribution in [2.24, 2.45) is 5.92 Å². The molecule has 1 aromatic carbocycles. The Morgan fingerprint density at radius 1 is 1.26 bits per heavy atom. The smallest absolute Gasteiger partial charge is 0.223 e. The third-order valence-corrected chi connectivity index (χ3v) is 6.30. The molecule has 0 atom stereocenters. The van der Waals surface area contributed by atoms with E-state index in [9.17, 15) is 13.2 Å². The highest BCUT2D eigenvalue weighted by Crippen LogP contribution is 2.20. The van der Waals surface area contributed by atoms with E-state index in [0.29, 0.717) is 32.5 Å². The van der Waals surface area contributed by atoms with Crippen LogP contribution >= 0.6 is 11.8 Å². The van der Waals surface area contributed by atoms with E-state index < -0.39 is 10.0 Å². The van der Waals surface area contributed by atoms with Gasteiger partial charge in [-0.3, -0.25) is 4.79 Å². The monoisotopic (exact) mass is 356 g/mol. The zero-order chi connectivity index (χ0) is 16.9. The van der Waals surface area contributed by atoms with E-state index in [1.54, 1.807) is 11.8 Å². The predicted octanol–water partition coefficient (Wildman–Crippen LogP) is 1.87. The number of nitrogens with one attached hydrogen (secondary N) is 1. The van der Waals surface area contributed by atoms with Crippen molar-refractivity contribution in [1.29, 1.82) is 0 Å². The molecule has 0 bridgehead atoms. The highest BCUT2D eigenvalue weighted by molar-refractivity contribution is 7.99. The highest BCUT2D eigenvalue weighted by atomic mass is 32.2. The van der Waals surface area contributed by atoms with E-state index in [4.69, 9.17) is 0 Å². The molecule has 23 heavy (non-hydrogen) atoms. The molecule has 0 aromatic heterocycles. The zero-order valence-electron chi connectivity index (χ0n) is 13.6. The Hall–Kier alpha value is -1.05. The first-order valence-electron chi connectivity index (χ1n) is 7.78. The van der Waals surface area contributed by atoms with Gasteiger partial charge in [-0.1, -0.05) is 17.7 Å². The standard InChI is InChI=1S/C16H24N2O3S2/c1-13-3-5-15(6-4-13)22-12-9-17-16(19)14-7-10-18(11-8-14)23(2,20)21/h3-6,14H,7-12H2,1-2H3,(H,17,19). The van der Waals surface area contributed by atoms with Crippen LogP contribution in [0.5, 0.6) is 0 Å². The molecular weight excluding hydrogens is 332 g/mol. The van der Waals surface area contributed by atoms with Gasteiger partial charge in [-0.25, -0.2) is 12.7 Å². The first-order valence-corrected chi connectivity index (χ1v) is 10.6. The summed E-state index contributed by atoms with van der Waals surface area (Å²) >= 11 is 1.72. The minimum absolute atomic E-state index is 0.0441.